The molecule has 6 N–H and O–H groups in total. The highest BCUT2D eigenvalue weighted by molar-refractivity contribution is 6.09. The Balaban J connectivity index is 0.000000131. The van der Waals surface area contributed by atoms with Gasteiger partial charge in [-0.3, -0.25) is 29.1 Å². The molecular formula is C48H55N13O6. The molecule has 5 aliphatic heterocycles. The minimum atomic E-state index is -0.381. The number of imide groups is 1. The summed E-state index contributed by atoms with van der Waals surface area (Å²) in [4.78, 5) is 76.2. The van der Waals surface area contributed by atoms with Gasteiger partial charge in [0, 0.05) is 46.7 Å². The molecule has 19 heteroatoms. The van der Waals surface area contributed by atoms with Crippen molar-refractivity contribution in [1.82, 2.24) is 55.4 Å². The average molecular weight is 910 g/mol. The number of H-pyrrole nitrogens is 1. The Kier molecular flexibility index (Phi) is 12.3. The molecule has 2 aromatic carbocycles. The van der Waals surface area contributed by atoms with E-state index in [-0.39, 0.29) is 65.2 Å². The molecule has 4 saturated heterocycles. The van der Waals surface area contributed by atoms with E-state index in [2.05, 4.69) is 103 Å². The molecular weight excluding hydrogens is 855 g/mol. The van der Waals surface area contributed by atoms with E-state index in [4.69, 9.17) is 9.47 Å². The second-order valence-corrected chi connectivity index (χ2v) is 17.8. The van der Waals surface area contributed by atoms with Crippen LogP contribution >= 0.6 is 0 Å². The lowest BCUT2D eigenvalue weighted by Crippen LogP contribution is -2.56. The standard InChI is InChI=1S/C21H24N6O2.C15H22N2O3.C12H9N5O/c1-4-21-12(2)15(25-13(21)3)20(29-21)27-11-24-16-17(22-10-23-18(16)27)26-19(28)14-8-6-5-7-9-14;1-5-15-8(3)11(16-9(15)4)12(20-15)10-6-7(2)13(18)17-14(10)19;18-12(8-4-2-1-3-5-8)17-11-9-10(14-6-13-9)15-7-16-11/h5-13,15,20,25H,4H2,1-3H3,(H,22,23,26,28);6,8-12,16H,5H2,1-4H3,(H,17,18,19);1-7H,(H2,13,14,15,16,17,18)/t12-,13+,15+,20+,21+;8-,9+,10?,11+,12-,15+;/m00./s1. The van der Waals surface area contributed by atoms with Gasteiger partial charge in [0.1, 0.15) is 18.2 Å². The first kappa shape index (κ1) is 45.4. The summed E-state index contributed by atoms with van der Waals surface area (Å²) in [5.41, 5.74) is 3.67. The molecule has 4 amide bonds. The fraction of sp³-hybridized carbons (Fsp3) is 0.417. The summed E-state index contributed by atoms with van der Waals surface area (Å²) in [6.07, 6.45) is 9.29. The number of benzene rings is 2. The van der Waals surface area contributed by atoms with Crippen LogP contribution in [0.25, 0.3) is 22.3 Å². The molecule has 11 atom stereocenters. The number of aromatic nitrogens is 8. The summed E-state index contributed by atoms with van der Waals surface area (Å²) in [7, 11) is 0. The predicted octanol–water partition coefficient (Wildman–Crippen LogP) is 5.11. The monoisotopic (exact) mass is 909 g/mol. The Hall–Kier alpha value is -6.80. The van der Waals surface area contributed by atoms with Crippen molar-refractivity contribution >= 4 is 57.6 Å². The van der Waals surface area contributed by atoms with Gasteiger partial charge in [-0.1, -0.05) is 70.2 Å². The molecule has 11 rings (SSSR count). The van der Waals surface area contributed by atoms with Crippen LogP contribution in [-0.4, -0.2) is 105 Å². The van der Waals surface area contributed by atoms with Crippen LogP contribution < -0.4 is 26.6 Å². The van der Waals surface area contributed by atoms with Crippen LogP contribution in [0.15, 0.2) is 97.6 Å². The first-order valence-electron chi connectivity index (χ1n) is 22.8. The van der Waals surface area contributed by atoms with Crippen LogP contribution in [0.5, 0.6) is 0 Å². The van der Waals surface area contributed by atoms with E-state index in [0.29, 0.717) is 74.6 Å². The zero-order valence-electron chi connectivity index (χ0n) is 38.4. The predicted molar refractivity (Wildman–Crippen MR) is 248 cm³/mol. The summed E-state index contributed by atoms with van der Waals surface area (Å²) in [6, 6.07) is 18.9. The average Bonchev–Trinajstić information content (AvgIpc) is 4.19. The molecule has 4 fully saturated rings. The molecule has 5 aliphatic rings. The molecule has 0 saturated carbocycles. The van der Waals surface area contributed by atoms with E-state index in [1.54, 1.807) is 55.7 Å². The fourth-order valence-electron chi connectivity index (χ4n) is 10.7. The molecule has 0 radical (unpaired) electrons. The second kappa shape index (κ2) is 18.1. The van der Waals surface area contributed by atoms with Crippen LogP contribution in [-0.2, 0) is 19.1 Å². The first-order valence-corrected chi connectivity index (χ1v) is 22.8. The van der Waals surface area contributed by atoms with E-state index < -0.39 is 0 Å². The molecule has 1 unspecified atom stereocenters. The normalized spacial score (nSPS) is 30.3. The Morgan fingerprint density at radius 1 is 0.731 bits per heavy atom. The molecule has 67 heavy (non-hydrogen) atoms. The highest BCUT2D eigenvalue weighted by Gasteiger charge is 2.63. The minimum Gasteiger partial charge on any atom is -0.367 e. The van der Waals surface area contributed by atoms with Crippen LogP contribution in [0, 0.1) is 17.8 Å². The highest BCUT2D eigenvalue weighted by Crippen LogP contribution is 2.51. The number of hydrogen-bond donors (Lipinski definition) is 6. The topological polar surface area (TPSA) is 245 Å². The lowest BCUT2D eigenvalue weighted by Gasteiger charge is -2.39. The van der Waals surface area contributed by atoms with E-state index in [9.17, 15) is 19.2 Å². The van der Waals surface area contributed by atoms with Crippen molar-refractivity contribution in [3.63, 3.8) is 0 Å². The summed E-state index contributed by atoms with van der Waals surface area (Å²) in [5.74, 6) is 0.191. The molecule has 9 heterocycles. The van der Waals surface area contributed by atoms with E-state index in [1.807, 2.05) is 28.8 Å². The maximum Gasteiger partial charge on any atom is 0.256 e. The van der Waals surface area contributed by atoms with Crippen LogP contribution in [0.2, 0.25) is 0 Å². The number of imidazole rings is 2. The van der Waals surface area contributed by atoms with Crippen LogP contribution in [0.4, 0.5) is 11.6 Å². The molecule has 0 aliphatic carbocycles. The van der Waals surface area contributed by atoms with Gasteiger partial charge >= 0.3 is 0 Å². The number of carbonyl (C=O) groups is 4. The van der Waals surface area contributed by atoms with Gasteiger partial charge in [-0.25, -0.2) is 29.9 Å². The minimum absolute atomic E-state index is 0.165. The Morgan fingerprint density at radius 2 is 1.31 bits per heavy atom. The van der Waals surface area contributed by atoms with Gasteiger partial charge < -0.3 is 35.7 Å². The molecule has 4 bridgehead atoms. The molecule has 348 valence electrons. The summed E-state index contributed by atoms with van der Waals surface area (Å²) in [5, 5.41) is 15.2. The molecule has 0 spiro atoms. The number of anilines is 2. The number of morpholine rings is 2. The number of aromatic amines is 1. The van der Waals surface area contributed by atoms with Crippen molar-refractivity contribution in [1.29, 1.82) is 0 Å². The zero-order valence-corrected chi connectivity index (χ0v) is 38.4. The van der Waals surface area contributed by atoms with E-state index in [0.717, 1.165) is 12.8 Å². The van der Waals surface area contributed by atoms with Gasteiger partial charge in [-0.15, -0.1) is 0 Å². The zero-order chi connectivity index (χ0) is 47.2. The van der Waals surface area contributed by atoms with Crippen molar-refractivity contribution in [3.05, 3.63) is 109 Å². The lowest BCUT2D eigenvalue weighted by molar-refractivity contribution is -0.142. The van der Waals surface area contributed by atoms with Gasteiger partial charge in [-0.2, -0.15) is 0 Å². The number of fused-ring (bicyclic) bond motifs is 6. The number of rotatable bonds is 8. The fourth-order valence-corrected chi connectivity index (χ4v) is 10.7. The molecule has 4 aromatic heterocycles. The number of nitrogens with one attached hydrogen (secondary N) is 6. The van der Waals surface area contributed by atoms with Gasteiger partial charge in [0.25, 0.3) is 17.7 Å². The third-order valence-electron chi connectivity index (χ3n) is 14.5. The van der Waals surface area contributed by atoms with Crippen molar-refractivity contribution in [2.75, 3.05) is 10.6 Å². The van der Waals surface area contributed by atoms with E-state index in [1.165, 1.54) is 19.0 Å². The van der Waals surface area contributed by atoms with Crippen LogP contribution in [0.3, 0.4) is 0 Å². The molecule has 19 nitrogen and oxygen atoms in total. The van der Waals surface area contributed by atoms with E-state index >= 15 is 0 Å². The van der Waals surface area contributed by atoms with Gasteiger partial charge in [-0.05, 0) is 57.9 Å². The number of amides is 4. The maximum atomic E-state index is 12.5. The first-order chi connectivity index (χ1) is 32.3. The lowest BCUT2D eigenvalue weighted by atomic mass is 9.82. The molecule has 6 aromatic rings. The van der Waals surface area contributed by atoms with Gasteiger partial charge in [0.2, 0.25) is 5.91 Å². The number of ether oxygens (including phenoxy) is 2. The SMILES string of the molecule is CC[C@]12O[C@@H](C3C=C(C)C(=O)NC3=O)[C@H](N[C@@H]1C)[C@@H]2C.CC[C@]12O[C@@H](n3cnc4c(NC(=O)c5ccccc5)ncnc43)[C@H](N[C@@H]1C)[C@@H]2C.O=C(Nc1ncnc2nc[nH]c12)c1ccccc1. The number of carbonyl (C=O) groups excluding carboxylic acids is 4. The number of hydrogen-bond acceptors (Lipinski definition) is 14. The smallest absolute Gasteiger partial charge is 0.256 e. The van der Waals surface area contributed by atoms with Crippen LogP contribution in [0.1, 0.15) is 88.3 Å². The van der Waals surface area contributed by atoms with Gasteiger partial charge in [0.05, 0.1) is 41.9 Å². The van der Waals surface area contributed by atoms with Crippen molar-refractivity contribution in [2.45, 2.75) is 109 Å². The summed E-state index contributed by atoms with van der Waals surface area (Å²) < 4.78 is 14.9. The van der Waals surface area contributed by atoms with Gasteiger partial charge in [0.15, 0.2) is 34.7 Å². The Labute approximate surface area is 386 Å². The quantitative estimate of drug-likeness (QED) is 0.109. The Bertz CT molecular complexity index is 2850. The second-order valence-electron chi connectivity index (χ2n) is 17.8. The third kappa shape index (κ3) is 7.94. The summed E-state index contributed by atoms with van der Waals surface area (Å²) >= 11 is 0. The largest absolute Gasteiger partial charge is 0.367 e. The third-order valence-corrected chi connectivity index (χ3v) is 14.5. The summed E-state index contributed by atoms with van der Waals surface area (Å²) in [6.45, 7) is 14.8. The van der Waals surface area contributed by atoms with Crippen molar-refractivity contribution in [2.24, 2.45) is 17.8 Å². The highest BCUT2D eigenvalue weighted by atomic mass is 16.5. The van der Waals surface area contributed by atoms with Crippen molar-refractivity contribution < 1.29 is 28.7 Å². The number of nitrogens with zero attached hydrogens (tertiary/aromatic N) is 7. The maximum absolute atomic E-state index is 12.5. The van der Waals surface area contributed by atoms with Crippen molar-refractivity contribution in [3.8, 4) is 0 Å². The Morgan fingerprint density at radius 3 is 1.94 bits per heavy atom.